The summed E-state index contributed by atoms with van der Waals surface area (Å²) in [6.45, 7) is 1.50. The number of benzene rings is 1. The highest BCUT2D eigenvalue weighted by Gasteiger charge is 2.21. The van der Waals surface area contributed by atoms with E-state index in [0.717, 1.165) is 12.1 Å². The number of rotatable bonds is 5. The molecule has 1 amide bonds. The largest absolute Gasteiger partial charge is 0.351 e. The predicted molar refractivity (Wildman–Crippen MR) is 75.4 cm³/mol. The van der Waals surface area contributed by atoms with E-state index in [9.17, 15) is 21.8 Å². The Morgan fingerprint density at radius 2 is 2.05 bits per heavy atom. The van der Waals surface area contributed by atoms with Crippen LogP contribution in [-0.4, -0.2) is 37.1 Å². The first kappa shape index (κ1) is 17.1. The molecule has 0 saturated heterocycles. The number of amides is 1. The van der Waals surface area contributed by atoms with Gasteiger partial charge in [0.1, 0.15) is 5.82 Å². The molecule has 0 radical (unpaired) electrons. The van der Waals surface area contributed by atoms with Crippen molar-refractivity contribution in [3.05, 3.63) is 29.1 Å². The maximum atomic E-state index is 13.4. The van der Waals surface area contributed by atoms with Crippen molar-refractivity contribution in [2.75, 3.05) is 18.6 Å². The molecular formula is C11H13ClFNO4S2. The number of carbonyl (C=O) groups is 1. The molecule has 0 aliphatic carbocycles. The van der Waals surface area contributed by atoms with E-state index in [0.29, 0.717) is 0 Å². The molecule has 1 aromatic carbocycles. The molecule has 9 heteroatoms. The molecule has 0 aromatic heterocycles. The number of carbonyl (C=O) groups excluding carboxylic acids is 1. The summed E-state index contributed by atoms with van der Waals surface area (Å²) in [5, 5.41) is 2.44. The van der Waals surface area contributed by atoms with E-state index in [1.165, 1.54) is 13.2 Å². The third-order valence-corrected chi connectivity index (χ3v) is 4.73. The van der Waals surface area contributed by atoms with Gasteiger partial charge in [-0.15, -0.1) is 0 Å². The summed E-state index contributed by atoms with van der Waals surface area (Å²) in [7, 11) is -0.0227. The summed E-state index contributed by atoms with van der Waals surface area (Å²) in [4.78, 5) is 11.4. The first-order valence-corrected chi connectivity index (χ1v) is 9.49. The Morgan fingerprint density at radius 1 is 1.45 bits per heavy atom. The number of hydrogen-bond acceptors (Lipinski definition) is 4. The van der Waals surface area contributed by atoms with Gasteiger partial charge in [0.25, 0.3) is 15.0 Å². The molecule has 0 aliphatic rings. The third kappa shape index (κ3) is 4.53. The number of nitrogens with one attached hydrogen (secondary N) is 1. The molecule has 0 aliphatic heterocycles. The van der Waals surface area contributed by atoms with Crippen LogP contribution in [0, 0.1) is 12.7 Å². The zero-order valence-electron chi connectivity index (χ0n) is 10.8. The van der Waals surface area contributed by atoms with E-state index in [-0.39, 0.29) is 23.4 Å². The second kappa shape index (κ2) is 6.64. The fraction of sp³-hybridized carbons (Fsp3) is 0.364. The van der Waals surface area contributed by atoms with Gasteiger partial charge in [0, 0.05) is 45.6 Å². The van der Waals surface area contributed by atoms with Crippen molar-refractivity contribution < 1.29 is 21.8 Å². The van der Waals surface area contributed by atoms with Gasteiger partial charge in [-0.1, -0.05) is 0 Å². The van der Waals surface area contributed by atoms with Gasteiger partial charge in [0.2, 0.25) is 0 Å². The average molecular weight is 342 g/mol. The van der Waals surface area contributed by atoms with Crippen LogP contribution >= 0.6 is 10.7 Å². The van der Waals surface area contributed by atoms with Crippen molar-refractivity contribution in [2.24, 2.45) is 0 Å². The lowest BCUT2D eigenvalue weighted by atomic mass is 10.1. The lowest BCUT2D eigenvalue weighted by Gasteiger charge is -2.10. The molecule has 0 heterocycles. The molecular weight excluding hydrogens is 329 g/mol. The standard InChI is InChI=1S/C11H13ClFNO4S2/c1-7-9(11(15)14-3-4-19(2)16)5-8(13)6-10(7)20(12,17)18/h5-6H,3-4H2,1-2H3,(H,14,15). The minimum Gasteiger partial charge on any atom is -0.351 e. The van der Waals surface area contributed by atoms with Crippen LogP contribution in [0.2, 0.25) is 0 Å². The number of hydrogen-bond donors (Lipinski definition) is 1. The second-order valence-corrected chi connectivity index (χ2v) is 8.14. The molecule has 5 nitrogen and oxygen atoms in total. The average Bonchev–Trinajstić information content (AvgIpc) is 2.29. The van der Waals surface area contributed by atoms with Gasteiger partial charge in [-0.25, -0.2) is 12.8 Å². The maximum Gasteiger partial charge on any atom is 0.261 e. The maximum absolute atomic E-state index is 13.4. The molecule has 0 fully saturated rings. The molecule has 1 unspecified atom stereocenters. The minimum atomic E-state index is -4.14. The quantitative estimate of drug-likeness (QED) is 0.815. The van der Waals surface area contributed by atoms with Crippen LogP contribution in [0.25, 0.3) is 0 Å². The summed E-state index contributed by atoms with van der Waals surface area (Å²) >= 11 is 0. The van der Waals surface area contributed by atoms with Crippen LogP contribution < -0.4 is 5.32 Å². The highest BCUT2D eigenvalue weighted by atomic mass is 35.7. The SMILES string of the molecule is Cc1c(C(=O)NCCS(C)=O)cc(F)cc1S(=O)(=O)Cl. The Labute approximate surface area is 123 Å². The fourth-order valence-corrected chi connectivity index (χ4v) is 3.15. The van der Waals surface area contributed by atoms with Crippen molar-refractivity contribution in [2.45, 2.75) is 11.8 Å². The van der Waals surface area contributed by atoms with Crippen LogP contribution in [0.3, 0.4) is 0 Å². The van der Waals surface area contributed by atoms with Gasteiger partial charge >= 0.3 is 0 Å². The lowest BCUT2D eigenvalue weighted by Crippen LogP contribution is -2.28. The van der Waals surface area contributed by atoms with Crippen molar-refractivity contribution in [3.63, 3.8) is 0 Å². The zero-order chi connectivity index (χ0) is 15.5. The molecule has 0 saturated carbocycles. The Bertz CT molecular complexity index is 661. The summed E-state index contributed by atoms with van der Waals surface area (Å²) in [6, 6.07) is 1.69. The zero-order valence-corrected chi connectivity index (χ0v) is 13.2. The molecule has 1 aromatic rings. The summed E-state index contributed by atoms with van der Waals surface area (Å²) < 4.78 is 46.9. The minimum absolute atomic E-state index is 0.0662. The predicted octanol–water partition coefficient (Wildman–Crippen LogP) is 1.17. The lowest BCUT2D eigenvalue weighted by molar-refractivity contribution is 0.0955. The van der Waals surface area contributed by atoms with E-state index < -0.39 is 36.5 Å². The Morgan fingerprint density at radius 3 is 2.55 bits per heavy atom. The van der Waals surface area contributed by atoms with Gasteiger partial charge in [0.05, 0.1) is 4.90 Å². The first-order valence-electron chi connectivity index (χ1n) is 5.46. The van der Waals surface area contributed by atoms with E-state index in [1.54, 1.807) is 0 Å². The van der Waals surface area contributed by atoms with Crippen molar-refractivity contribution >= 4 is 36.4 Å². The van der Waals surface area contributed by atoms with Crippen LogP contribution in [0.4, 0.5) is 4.39 Å². The van der Waals surface area contributed by atoms with E-state index in [4.69, 9.17) is 10.7 Å². The molecule has 1 N–H and O–H groups in total. The topological polar surface area (TPSA) is 80.3 Å². The molecule has 1 rings (SSSR count). The summed E-state index contributed by atoms with van der Waals surface area (Å²) in [5.41, 5.74) is -0.0531. The van der Waals surface area contributed by atoms with Gasteiger partial charge in [-0.3, -0.25) is 9.00 Å². The van der Waals surface area contributed by atoms with Crippen molar-refractivity contribution in [3.8, 4) is 0 Å². The fourth-order valence-electron chi connectivity index (χ4n) is 1.55. The molecule has 112 valence electrons. The van der Waals surface area contributed by atoms with Crippen LogP contribution in [-0.2, 0) is 19.9 Å². The van der Waals surface area contributed by atoms with Crippen LogP contribution in [0.15, 0.2) is 17.0 Å². The Balaban J connectivity index is 3.10. The Hall–Kier alpha value is -0.990. The Kier molecular flexibility index (Phi) is 5.67. The summed E-state index contributed by atoms with van der Waals surface area (Å²) in [5.74, 6) is -1.27. The highest BCUT2D eigenvalue weighted by molar-refractivity contribution is 8.13. The highest BCUT2D eigenvalue weighted by Crippen LogP contribution is 2.24. The molecule has 20 heavy (non-hydrogen) atoms. The molecule has 0 spiro atoms. The van der Waals surface area contributed by atoms with Gasteiger partial charge < -0.3 is 5.32 Å². The van der Waals surface area contributed by atoms with E-state index in [2.05, 4.69) is 5.32 Å². The van der Waals surface area contributed by atoms with Crippen LogP contribution in [0.1, 0.15) is 15.9 Å². The molecule has 1 atom stereocenters. The summed E-state index contributed by atoms with van der Waals surface area (Å²) in [6.07, 6.45) is 1.48. The smallest absolute Gasteiger partial charge is 0.261 e. The van der Waals surface area contributed by atoms with Crippen LogP contribution in [0.5, 0.6) is 0 Å². The van der Waals surface area contributed by atoms with E-state index >= 15 is 0 Å². The van der Waals surface area contributed by atoms with Crippen molar-refractivity contribution in [1.29, 1.82) is 0 Å². The monoisotopic (exact) mass is 341 g/mol. The molecule has 0 bridgehead atoms. The van der Waals surface area contributed by atoms with E-state index in [1.807, 2.05) is 0 Å². The van der Waals surface area contributed by atoms with Crippen molar-refractivity contribution in [1.82, 2.24) is 5.32 Å². The second-order valence-electron chi connectivity index (χ2n) is 4.05. The third-order valence-electron chi connectivity index (χ3n) is 2.51. The number of halogens is 2. The normalized spacial score (nSPS) is 13.0. The van der Waals surface area contributed by atoms with Gasteiger partial charge in [-0.05, 0) is 24.6 Å². The first-order chi connectivity index (χ1) is 9.12. The van der Waals surface area contributed by atoms with Gasteiger partial charge in [-0.2, -0.15) is 0 Å². The van der Waals surface area contributed by atoms with Gasteiger partial charge in [0.15, 0.2) is 0 Å².